The van der Waals surface area contributed by atoms with Gasteiger partial charge in [0.25, 0.3) is 0 Å². The summed E-state index contributed by atoms with van der Waals surface area (Å²) < 4.78 is 16.9. The molecule has 0 saturated carbocycles. The molecule has 2 N–H and O–H groups in total. The van der Waals surface area contributed by atoms with Gasteiger partial charge in [0.05, 0.1) is 7.11 Å². The van der Waals surface area contributed by atoms with Gasteiger partial charge in [-0.25, -0.2) is 9.18 Å². The molecule has 1 atom stereocenters. The van der Waals surface area contributed by atoms with Crippen LogP contribution in [0.25, 0.3) is 0 Å². The van der Waals surface area contributed by atoms with Crippen molar-refractivity contribution < 1.29 is 13.9 Å². The Bertz CT molecular complexity index is 147. The Morgan fingerprint density at radius 3 is 2.33 bits per heavy atom. The predicted octanol–water partition coefficient (Wildman–Crippen LogP) is 1.05. The third kappa shape index (κ3) is 6.37. The van der Waals surface area contributed by atoms with Gasteiger partial charge in [-0.15, -0.1) is 12.4 Å². The van der Waals surface area contributed by atoms with Gasteiger partial charge in [0.2, 0.25) is 0 Å². The lowest BCUT2D eigenvalue weighted by Gasteiger charge is -2.19. The fourth-order valence-electron chi connectivity index (χ4n) is 0.673. The molecular weight excluding hydrogens is 185 g/mol. The topological polar surface area (TPSA) is 52.3 Å². The van der Waals surface area contributed by atoms with Crippen molar-refractivity contribution in [3.8, 4) is 0 Å². The van der Waals surface area contributed by atoms with Crippen LogP contribution in [0, 0.1) is 0 Å². The molecule has 0 heterocycles. The molecule has 0 amide bonds. The second-order valence-electron chi connectivity index (χ2n) is 3.18. The largest absolute Gasteiger partial charge is 0.467 e. The van der Waals surface area contributed by atoms with Crippen molar-refractivity contribution in [2.75, 3.05) is 7.11 Å². The van der Waals surface area contributed by atoms with Crippen LogP contribution in [-0.4, -0.2) is 24.8 Å². The Balaban J connectivity index is 0. The molecule has 3 nitrogen and oxygen atoms in total. The van der Waals surface area contributed by atoms with Crippen LogP contribution in [0.3, 0.4) is 0 Å². The van der Waals surface area contributed by atoms with Crippen LogP contribution in [-0.2, 0) is 9.53 Å². The normalized spacial score (nSPS) is 13.1. The van der Waals surface area contributed by atoms with Gasteiger partial charge in [-0.1, -0.05) is 0 Å². The zero-order chi connectivity index (χ0) is 9.07. The van der Waals surface area contributed by atoms with Gasteiger partial charge >= 0.3 is 5.97 Å². The van der Waals surface area contributed by atoms with E-state index in [0.29, 0.717) is 0 Å². The lowest BCUT2D eigenvalue weighted by atomic mass is 9.99. The molecule has 0 aromatic carbocycles. The average Bonchev–Trinajstić information content (AvgIpc) is 1.82. The number of hydrogen-bond acceptors (Lipinski definition) is 3. The van der Waals surface area contributed by atoms with Crippen molar-refractivity contribution >= 4 is 18.4 Å². The fraction of sp³-hybridized carbons (Fsp3) is 0.857. The summed E-state index contributed by atoms with van der Waals surface area (Å²) in [5.41, 5.74) is 4.81. The molecule has 0 aromatic heterocycles. The Hall–Kier alpha value is -0.350. The van der Waals surface area contributed by atoms with Crippen molar-refractivity contribution in [2.24, 2.45) is 5.73 Å². The fourth-order valence-corrected chi connectivity index (χ4v) is 0.673. The van der Waals surface area contributed by atoms with Gasteiger partial charge in [-0.2, -0.15) is 0 Å². The summed E-state index contributed by atoms with van der Waals surface area (Å²) >= 11 is 0. The van der Waals surface area contributed by atoms with Gasteiger partial charge in [0, 0.05) is 12.0 Å². The van der Waals surface area contributed by atoms with E-state index in [2.05, 4.69) is 4.74 Å². The molecule has 5 heteroatoms. The molecule has 0 aliphatic carbocycles. The average molecular weight is 200 g/mol. The second-order valence-corrected chi connectivity index (χ2v) is 3.18. The Morgan fingerprint density at radius 1 is 1.67 bits per heavy atom. The molecule has 0 fully saturated rings. The SMILES string of the molecule is COC(=O)C(F)CC(C)(C)N.Cl. The van der Waals surface area contributed by atoms with Crippen LogP contribution in [0.1, 0.15) is 20.3 Å². The van der Waals surface area contributed by atoms with Crippen molar-refractivity contribution in [3.63, 3.8) is 0 Å². The summed E-state index contributed by atoms with van der Waals surface area (Å²) in [4.78, 5) is 10.5. The number of nitrogens with two attached hydrogens (primary N) is 1. The number of alkyl halides is 1. The molecule has 0 aromatic rings. The van der Waals surface area contributed by atoms with E-state index in [1.54, 1.807) is 13.8 Å². The first-order valence-electron chi connectivity index (χ1n) is 3.37. The Kier molecular flexibility index (Phi) is 6.29. The highest BCUT2D eigenvalue weighted by atomic mass is 35.5. The van der Waals surface area contributed by atoms with E-state index in [1.807, 2.05) is 0 Å². The predicted molar refractivity (Wildman–Crippen MR) is 47.0 cm³/mol. The summed E-state index contributed by atoms with van der Waals surface area (Å²) in [5, 5.41) is 0. The number of hydrogen-bond donors (Lipinski definition) is 1. The maximum atomic E-state index is 12.7. The van der Waals surface area contributed by atoms with E-state index in [1.165, 1.54) is 0 Å². The monoisotopic (exact) mass is 199 g/mol. The molecule has 0 aliphatic rings. The van der Waals surface area contributed by atoms with Crippen LogP contribution >= 0.6 is 12.4 Å². The molecule has 0 radical (unpaired) electrons. The molecule has 0 aliphatic heterocycles. The van der Waals surface area contributed by atoms with E-state index in [-0.39, 0.29) is 18.8 Å². The van der Waals surface area contributed by atoms with Crippen LogP contribution in [0.2, 0.25) is 0 Å². The number of esters is 1. The minimum Gasteiger partial charge on any atom is -0.467 e. The third-order valence-electron chi connectivity index (χ3n) is 1.16. The highest BCUT2D eigenvalue weighted by Crippen LogP contribution is 2.11. The van der Waals surface area contributed by atoms with Crippen LogP contribution < -0.4 is 5.73 Å². The second kappa shape index (κ2) is 5.32. The van der Waals surface area contributed by atoms with E-state index in [4.69, 9.17) is 5.73 Å². The van der Waals surface area contributed by atoms with E-state index >= 15 is 0 Å². The van der Waals surface area contributed by atoms with E-state index < -0.39 is 17.7 Å². The summed E-state index contributed by atoms with van der Waals surface area (Å²) in [7, 11) is 1.15. The summed E-state index contributed by atoms with van der Waals surface area (Å²) in [6.07, 6.45) is -1.63. The van der Waals surface area contributed by atoms with Crippen molar-refractivity contribution in [3.05, 3.63) is 0 Å². The molecule has 0 rings (SSSR count). The van der Waals surface area contributed by atoms with Gasteiger partial charge in [-0.3, -0.25) is 0 Å². The quantitative estimate of drug-likeness (QED) is 0.692. The molecule has 0 spiro atoms. The van der Waals surface area contributed by atoms with Gasteiger partial charge in [-0.05, 0) is 13.8 Å². The van der Waals surface area contributed by atoms with Gasteiger partial charge in [0.15, 0.2) is 6.17 Å². The summed E-state index contributed by atoms with van der Waals surface area (Å²) in [6, 6.07) is 0. The Morgan fingerprint density at radius 2 is 2.08 bits per heavy atom. The number of carbonyl (C=O) groups excluding carboxylic acids is 1. The number of ether oxygens (including phenoxy) is 1. The minimum atomic E-state index is -1.61. The molecular formula is C7H15ClFNO2. The lowest BCUT2D eigenvalue weighted by Crippen LogP contribution is -2.37. The third-order valence-corrected chi connectivity index (χ3v) is 1.16. The lowest BCUT2D eigenvalue weighted by molar-refractivity contribution is -0.147. The first kappa shape index (κ1) is 14.2. The summed E-state index contributed by atoms with van der Waals surface area (Å²) in [5.74, 6) is -0.858. The van der Waals surface area contributed by atoms with Crippen molar-refractivity contribution in [1.82, 2.24) is 0 Å². The first-order valence-corrected chi connectivity index (χ1v) is 3.37. The molecule has 0 saturated heterocycles. The number of carbonyl (C=O) groups is 1. The first-order chi connectivity index (χ1) is 4.87. The number of methoxy groups -OCH3 is 1. The van der Waals surface area contributed by atoms with Gasteiger partial charge < -0.3 is 10.5 Å². The standard InChI is InChI=1S/C7H14FNO2.ClH/c1-7(2,9)4-5(8)6(10)11-3;/h5H,4,9H2,1-3H3;1H. The maximum Gasteiger partial charge on any atom is 0.340 e. The van der Waals surface area contributed by atoms with E-state index in [9.17, 15) is 9.18 Å². The smallest absolute Gasteiger partial charge is 0.340 e. The van der Waals surface area contributed by atoms with Crippen molar-refractivity contribution in [1.29, 1.82) is 0 Å². The molecule has 12 heavy (non-hydrogen) atoms. The van der Waals surface area contributed by atoms with Crippen LogP contribution in [0.5, 0.6) is 0 Å². The van der Waals surface area contributed by atoms with Crippen LogP contribution in [0.4, 0.5) is 4.39 Å². The van der Waals surface area contributed by atoms with Crippen LogP contribution in [0.15, 0.2) is 0 Å². The maximum absolute atomic E-state index is 12.7. The highest BCUT2D eigenvalue weighted by Gasteiger charge is 2.24. The molecule has 74 valence electrons. The minimum absolute atomic E-state index is 0. The van der Waals surface area contributed by atoms with Crippen molar-refractivity contribution in [2.45, 2.75) is 32.0 Å². The highest BCUT2D eigenvalue weighted by molar-refractivity contribution is 5.85. The molecule has 1 unspecified atom stereocenters. The van der Waals surface area contributed by atoms with Gasteiger partial charge in [0.1, 0.15) is 0 Å². The molecule has 0 bridgehead atoms. The zero-order valence-electron chi connectivity index (χ0n) is 7.46. The van der Waals surface area contributed by atoms with E-state index in [0.717, 1.165) is 7.11 Å². The zero-order valence-corrected chi connectivity index (χ0v) is 8.28. The Labute approximate surface area is 77.9 Å². The number of rotatable bonds is 3. The number of halogens is 2. The summed E-state index contributed by atoms with van der Waals surface area (Å²) in [6.45, 7) is 3.31.